The van der Waals surface area contributed by atoms with Gasteiger partial charge in [0.2, 0.25) is 0 Å². The molecule has 1 aromatic rings. The van der Waals surface area contributed by atoms with Crippen LogP contribution in [0.5, 0.6) is 0 Å². The van der Waals surface area contributed by atoms with Crippen molar-refractivity contribution >= 4 is 5.97 Å². The van der Waals surface area contributed by atoms with E-state index in [4.69, 9.17) is 4.74 Å². The highest BCUT2D eigenvalue weighted by Gasteiger charge is 2.09. The van der Waals surface area contributed by atoms with E-state index in [9.17, 15) is 4.79 Å². The van der Waals surface area contributed by atoms with E-state index in [1.165, 1.54) is 19.3 Å². The molecule has 0 heterocycles. The van der Waals surface area contributed by atoms with Crippen molar-refractivity contribution in [2.75, 3.05) is 6.61 Å². The highest BCUT2D eigenvalue weighted by Crippen LogP contribution is 2.11. The Hall–Kier alpha value is -1.31. The Labute approximate surface area is 110 Å². The van der Waals surface area contributed by atoms with Crippen molar-refractivity contribution in [3.8, 4) is 0 Å². The summed E-state index contributed by atoms with van der Waals surface area (Å²) in [4.78, 5) is 11.8. The molecule has 0 aliphatic rings. The van der Waals surface area contributed by atoms with Gasteiger partial charge in [0, 0.05) is 0 Å². The van der Waals surface area contributed by atoms with Crippen LogP contribution in [0.2, 0.25) is 0 Å². The number of rotatable bonds is 7. The first-order valence-corrected chi connectivity index (χ1v) is 6.87. The van der Waals surface area contributed by atoms with Gasteiger partial charge < -0.3 is 4.74 Å². The highest BCUT2D eigenvalue weighted by molar-refractivity contribution is 5.89. The van der Waals surface area contributed by atoms with Gasteiger partial charge in [-0.25, -0.2) is 4.79 Å². The van der Waals surface area contributed by atoms with Crippen LogP contribution in [0.3, 0.4) is 0 Å². The van der Waals surface area contributed by atoms with Crippen molar-refractivity contribution in [2.45, 2.75) is 46.5 Å². The number of benzene rings is 1. The summed E-state index contributed by atoms with van der Waals surface area (Å²) in [7, 11) is 0. The van der Waals surface area contributed by atoms with Gasteiger partial charge in [-0.1, -0.05) is 50.8 Å². The molecule has 0 aromatic heterocycles. The van der Waals surface area contributed by atoms with Gasteiger partial charge in [0.25, 0.3) is 0 Å². The summed E-state index contributed by atoms with van der Waals surface area (Å²) in [6.07, 6.45) is 4.85. The van der Waals surface area contributed by atoms with E-state index < -0.39 is 0 Å². The number of hydrogen-bond donors (Lipinski definition) is 0. The van der Waals surface area contributed by atoms with Crippen LogP contribution in [0.1, 0.15) is 55.5 Å². The lowest BCUT2D eigenvalue weighted by Crippen LogP contribution is -2.12. The maximum absolute atomic E-state index is 11.8. The van der Waals surface area contributed by atoms with E-state index in [1.807, 2.05) is 31.2 Å². The average Bonchev–Trinajstić information content (AvgIpc) is 2.37. The second-order valence-corrected chi connectivity index (χ2v) is 5.07. The molecule has 0 saturated carbocycles. The molecule has 0 aliphatic carbocycles. The fourth-order valence-electron chi connectivity index (χ4n) is 1.82. The van der Waals surface area contributed by atoms with Crippen LogP contribution >= 0.6 is 0 Å². The number of carbonyl (C=O) groups is 1. The van der Waals surface area contributed by atoms with E-state index in [0.29, 0.717) is 18.1 Å². The first kappa shape index (κ1) is 14.7. The average molecular weight is 248 g/mol. The number of carbonyl (C=O) groups excluding carboxylic acids is 1. The van der Waals surface area contributed by atoms with Crippen LogP contribution in [-0.4, -0.2) is 12.6 Å². The third-order valence-corrected chi connectivity index (χ3v) is 3.09. The van der Waals surface area contributed by atoms with Gasteiger partial charge in [-0.2, -0.15) is 0 Å². The molecule has 1 rings (SSSR count). The molecule has 0 saturated heterocycles. The quantitative estimate of drug-likeness (QED) is 0.529. The molecule has 0 fully saturated rings. The summed E-state index contributed by atoms with van der Waals surface area (Å²) < 4.78 is 5.32. The molecular formula is C16H24O2. The van der Waals surface area contributed by atoms with Gasteiger partial charge in [-0.05, 0) is 31.4 Å². The molecule has 0 aliphatic heterocycles. The van der Waals surface area contributed by atoms with Crippen molar-refractivity contribution < 1.29 is 9.53 Å². The number of hydrogen-bond acceptors (Lipinski definition) is 2. The zero-order chi connectivity index (χ0) is 13.4. The van der Waals surface area contributed by atoms with Crippen molar-refractivity contribution in [3.63, 3.8) is 0 Å². The number of esters is 1. The molecule has 1 aromatic carbocycles. The summed E-state index contributed by atoms with van der Waals surface area (Å²) in [5.74, 6) is 0.239. The Morgan fingerprint density at radius 3 is 2.50 bits per heavy atom. The molecule has 0 spiro atoms. The first-order chi connectivity index (χ1) is 8.63. The van der Waals surface area contributed by atoms with Gasteiger partial charge in [0.15, 0.2) is 0 Å². The Kier molecular flexibility index (Phi) is 6.48. The molecule has 1 unspecified atom stereocenters. The minimum atomic E-state index is -0.211. The molecule has 1 atom stereocenters. The lowest BCUT2D eigenvalue weighted by molar-refractivity contribution is 0.0442. The molecule has 0 N–H and O–H groups in total. The van der Waals surface area contributed by atoms with Crippen molar-refractivity contribution in [3.05, 3.63) is 35.4 Å². The summed E-state index contributed by atoms with van der Waals surface area (Å²) in [5, 5.41) is 0. The summed E-state index contributed by atoms with van der Waals surface area (Å²) in [5.41, 5.74) is 1.79. The van der Waals surface area contributed by atoms with Gasteiger partial charge in [-0.15, -0.1) is 0 Å². The fourth-order valence-corrected chi connectivity index (χ4v) is 1.82. The van der Waals surface area contributed by atoms with Crippen molar-refractivity contribution in [2.24, 2.45) is 5.92 Å². The summed E-state index contributed by atoms with van der Waals surface area (Å²) in [6.45, 7) is 6.86. The first-order valence-electron chi connectivity index (χ1n) is 6.87. The minimum Gasteiger partial charge on any atom is -0.462 e. The predicted molar refractivity (Wildman–Crippen MR) is 74.8 cm³/mol. The topological polar surface area (TPSA) is 26.3 Å². The number of aryl methyl sites for hydroxylation is 1. The van der Waals surface area contributed by atoms with E-state index in [2.05, 4.69) is 13.8 Å². The maximum Gasteiger partial charge on any atom is 0.338 e. The minimum absolute atomic E-state index is 0.211. The van der Waals surface area contributed by atoms with Crippen LogP contribution in [0, 0.1) is 12.8 Å². The molecule has 2 heteroatoms. The van der Waals surface area contributed by atoms with Crippen molar-refractivity contribution in [1.29, 1.82) is 0 Å². The molecule has 0 bridgehead atoms. The zero-order valence-corrected chi connectivity index (χ0v) is 11.7. The standard InChI is InChI=1S/C16H24O2/c1-4-5-6-7-14(3)12-18-16(17)15-10-8-13(2)9-11-15/h8-11,14H,4-7,12H2,1-3H3. The normalized spacial score (nSPS) is 12.2. The van der Waals surface area contributed by atoms with Crippen LogP contribution in [-0.2, 0) is 4.74 Å². The number of ether oxygens (including phenoxy) is 1. The van der Waals surface area contributed by atoms with Crippen LogP contribution in [0.15, 0.2) is 24.3 Å². The molecular weight excluding hydrogens is 224 g/mol. The van der Waals surface area contributed by atoms with Crippen LogP contribution in [0.4, 0.5) is 0 Å². The lowest BCUT2D eigenvalue weighted by Gasteiger charge is -2.11. The van der Waals surface area contributed by atoms with Crippen molar-refractivity contribution in [1.82, 2.24) is 0 Å². The molecule has 100 valence electrons. The molecule has 0 amide bonds. The highest BCUT2D eigenvalue weighted by atomic mass is 16.5. The maximum atomic E-state index is 11.8. The Balaban J connectivity index is 2.30. The second-order valence-electron chi connectivity index (χ2n) is 5.07. The molecule has 0 radical (unpaired) electrons. The molecule has 2 nitrogen and oxygen atoms in total. The summed E-state index contributed by atoms with van der Waals surface area (Å²) in [6, 6.07) is 7.50. The second kappa shape index (κ2) is 7.91. The van der Waals surface area contributed by atoms with Crippen LogP contribution < -0.4 is 0 Å². The third kappa shape index (κ3) is 5.35. The largest absolute Gasteiger partial charge is 0.462 e. The van der Waals surface area contributed by atoms with Gasteiger partial charge in [-0.3, -0.25) is 0 Å². The fraction of sp³-hybridized carbons (Fsp3) is 0.562. The predicted octanol–water partition coefficient (Wildman–Crippen LogP) is 4.37. The van der Waals surface area contributed by atoms with E-state index >= 15 is 0 Å². The van der Waals surface area contributed by atoms with E-state index in [1.54, 1.807) is 0 Å². The Bertz CT molecular complexity index is 354. The third-order valence-electron chi connectivity index (χ3n) is 3.09. The Morgan fingerprint density at radius 2 is 1.89 bits per heavy atom. The smallest absolute Gasteiger partial charge is 0.338 e. The number of unbranched alkanes of at least 4 members (excludes halogenated alkanes) is 2. The van der Waals surface area contributed by atoms with E-state index in [-0.39, 0.29) is 5.97 Å². The van der Waals surface area contributed by atoms with Crippen LogP contribution in [0.25, 0.3) is 0 Å². The zero-order valence-electron chi connectivity index (χ0n) is 11.7. The summed E-state index contributed by atoms with van der Waals surface area (Å²) >= 11 is 0. The molecule has 18 heavy (non-hydrogen) atoms. The lowest BCUT2D eigenvalue weighted by atomic mass is 10.0. The van der Waals surface area contributed by atoms with Gasteiger partial charge >= 0.3 is 5.97 Å². The Morgan fingerprint density at radius 1 is 1.22 bits per heavy atom. The SMILES string of the molecule is CCCCCC(C)COC(=O)c1ccc(C)cc1. The van der Waals surface area contributed by atoms with E-state index in [0.717, 1.165) is 12.0 Å². The van der Waals surface area contributed by atoms with Gasteiger partial charge in [0.1, 0.15) is 0 Å². The van der Waals surface area contributed by atoms with Gasteiger partial charge in [0.05, 0.1) is 12.2 Å². The monoisotopic (exact) mass is 248 g/mol.